The van der Waals surface area contributed by atoms with Gasteiger partial charge in [-0.05, 0) is 49.6 Å². The minimum Gasteiger partial charge on any atom is -0.396 e. The molecular weight excluding hydrogens is 414 g/mol. The highest BCUT2D eigenvalue weighted by Crippen LogP contribution is 2.48. The van der Waals surface area contributed by atoms with Gasteiger partial charge in [0, 0.05) is 49.5 Å². The highest BCUT2D eigenvalue weighted by atomic mass is 16.3. The van der Waals surface area contributed by atoms with Crippen LogP contribution in [0.1, 0.15) is 49.0 Å². The van der Waals surface area contributed by atoms with E-state index >= 15 is 0 Å². The minimum atomic E-state index is -0.308. The fraction of sp³-hybridized carbons (Fsp3) is 0.481. The Bertz CT molecular complexity index is 1090. The lowest BCUT2D eigenvalue weighted by Gasteiger charge is -2.38. The van der Waals surface area contributed by atoms with Gasteiger partial charge in [0.05, 0.1) is 12.0 Å². The Morgan fingerprint density at radius 2 is 1.82 bits per heavy atom. The van der Waals surface area contributed by atoms with Crippen LogP contribution in [-0.4, -0.2) is 57.7 Å². The Morgan fingerprint density at radius 1 is 1.06 bits per heavy atom. The van der Waals surface area contributed by atoms with Crippen molar-refractivity contribution in [1.82, 2.24) is 14.4 Å². The molecule has 174 valence electrons. The van der Waals surface area contributed by atoms with Gasteiger partial charge in [-0.25, -0.2) is 0 Å². The van der Waals surface area contributed by atoms with Gasteiger partial charge in [-0.15, -0.1) is 0 Å². The van der Waals surface area contributed by atoms with Gasteiger partial charge in [-0.3, -0.25) is 14.5 Å². The number of piperidine rings is 1. The highest BCUT2D eigenvalue weighted by molar-refractivity contribution is 5.81. The Labute approximate surface area is 195 Å². The fourth-order valence-corrected chi connectivity index (χ4v) is 6.16. The molecule has 0 radical (unpaired) electrons. The number of aliphatic hydroxyl groups excluding tert-OH is 1. The van der Waals surface area contributed by atoms with Crippen molar-refractivity contribution in [2.24, 2.45) is 11.8 Å². The van der Waals surface area contributed by atoms with Crippen LogP contribution < -0.4 is 5.56 Å². The summed E-state index contributed by atoms with van der Waals surface area (Å²) in [4.78, 5) is 31.5. The number of likely N-dealkylation sites (N-methyl/N-ethyl adjacent to an activating group) is 1. The Kier molecular flexibility index (Phi) is 6.21. The monoisotopic (exact) mass is 447 g/mol. The van der Waals surface area contributed by atoms with Gasteiger partial charge < -0.3 is 14.6 Å². The molecule has 0 saturated carbocycles. The van der Waals surface area contributed by atoms with Gasteiger partial charge in [-0.1, -0.05) is 43.3 Å². The number of rotatable bonds is 5. The summed E-state index contributed by atoms with van der Waals surface area (Å²) in [6.07, 6.45) is 7.09. The van der Waals surface area contributed by atoms with Crippen LogP contribution in [0.25, 0.3) is 12.2 Å². The standard InChI is InChI=1S/C27H33N3O3/c1-2-29-23-17-30-22(14-13-20(26(30)32)12-11-19-9-5-3-6-10-19)25(29)24(21(23)18-31)27(33)28-15-7-4-8-16-28/h3,5-6,9-14,21,23-25,31H,2,4,7-8,15-18H2,1H3/t21-,23-,24+,25+/m1/s1. The Balaban J connectivity index is 1.52. The van der Waals surface area contributed by atoms with Gasteiger partial charge in [0.2, 0.25) is 5.91 Å². The van der Waals surface area contributed by atoms with Crippen molar-refractivity contribution in [1.29, 1.82) is 0 Å². The molecule has 5 rings (SSSR count). The zero-order chi connectivity index (χ0) is 22.9. The van der Waals surface area contributed by atoms with Gasteiger partial charge in [-0.2, -0.15) is 0 Å². The van der Waals surface area contributed by atoms with Crippen LogP contribution in [0.3, 0.4) is 0 Å². The SMILES string of the molecule is CCN1[C@@H]2Cn3c(ccc(C=Cc4ccccc4)c3=O)[C@H]1[C@@H](C(=O)N1CCCCC1)[C@@H]2CO. The second-order valence-electron chi connectivity index (χ2n) is 9.47. The van der Waals surface area contributed by atoms with Crippen molar-refractivity contribution < 1.29 is 9.90 Å². The molecule has 0 spiro atoms. The summed E-state index contributed by atoms with van der Waals surface area (Å²) < 4.78 is 1.86. The number of hydrogen-bond acceptors (Lipinski definition) is 4. The van der Waals surface area contributed by atoms with Crippen LogP contribution >= 0.6 is 0 Å². The second kappa shape index (κ2) is 9.27. The van der Waals surface area contributed by atoms with Crippen molar-refractivity contribution in [2.45, 2.75) is 44.8 Å². The van der Waals surface area contributed by atoms with E-state index in [0.29, 0.717) is 12.1 Å². The molecule has 3 aliphatic heterocycles. The molecule has 3 aliphatic rings. The van der Waals surface area contributed by atoms with Crippen molar-refractivity contribution in [3.63, 3.8) is 0 Å². The molecule has 0 aliphatic carbocycles. The molecule has 2 aromatic rings. The largest absolute Gasteiger partial charge is 0.396 e. The molecule has 33 heavy (non-hydrogen) atoms. The lowest BCUT2D eigenvalue weighted by atomic mass is 9.85. The number of aliphatic hydroxyl groups is 1. The van der Waals surface area contributed by atoms with Crippen molar-refractivity contribution >= 4 is 18.1 Å². The van der Waals surface area contributed by atoms with E-state index in [1.807, 2.05) is 64.1 Å². The first-order valence-corrected chi connectivity index (χ1v) is 12.3. The summed E-state index contributed by atoms with van der Waals surface area (Å²) in [6, 6.07) is 13.7. The Hall–Kier alpha value is -2.70. The molecule has 6 nitrogen and oxygen atoms in total. The molecular formula is C27H33N3O3. The molecule has 1 aromatic carbocycles. The third-order valence-corrected chi connectivity index (χ3v) is 7.77. The number of amides is 1. The summed E-state index contributed by atoms with van der Waals surface area (Å²) in [5, 5.41) is 10.4. The van der Waals surface area contributed by atoms with Crippen molar-refractivity contribution in [3.8, 4) is 0 Å². The van der Waals surface area contributed by atoms with E-state index < -0.39 is 0 Å². The lowest BCUT2D eigenvalue weighted by molar-refractivity contribution is -0.139. The van der Waals surface area contributed by atoms with Gasteiger partial charge in [0.15, 0.2) is 0 Å². The van der Waals surface area contributed by atoms with Crippen molar-refractivity contribution in [2.75, 3.05) is 26.2 Å². The molecule has 2 saturated heterocycles. The number of aromatic nitrogens is 1. The van der Waals surface area contributed by atoms with Gasteiger partial charge >= 0.3 is 0 Å². The summed E-state index contributed by atoms with van der Waals surface area (Å²) in [5.41, 5.74) is 2.57. The fourth-order valence-electron chi connectivity index (χ4n) is 6.16. The van der Waals surface area contributed by atoms with Crippen LogP contribution in [0.2, 0.25) is 0 Å². The first kappa shape index (κ1) is 22.1. The van der Waals surface area contributed by atoms with E-state index in [9.17, 15) is 14.7 Å². The van der Waals surface area contributed by atoms with Crippen LogP contribution in [0.15, 0.2) is 47.3 Å². The van der Waals surface area contributed by atoms with Gasteiger partial charge in [0.1, 0.15) is 0 Å². The average molecular weight is 448 g/mol. The van der Waals surface area contributed by atoms with Crippen LogP contribution in [-0.2, 0) is 11.3 Å². The number of nitrogens with zero attached hydrogens (tertiary/aromatic N) is 3. The molecule has 1 N–H and O–H groups in total. The number of fused-ring (bicyclic) bond motifs is 4. The average Bonchev–Trinajstić information content (AvgIpc) is 3.09. The third kappa shape index (κ3) is 3.85. The maximum Gasteiger partial charge on any atom is 0.258 e. The first-order valence-electron chi connectivity index (χ1n) is 12.3. The van der Waals surface area contributed by atoms with E-state index in [0.717, 1.165) is 43.7 Å². The lowest BCUT2D eigenvalue weighted by Crippen LogP contribution is -2.46. The normalized spacial score (nSPS) is 27.2. The molecule has 1 aromatic heterocycles. The molecule has 4 atom stereocenters. The van der Waals surface area contributed by atoms with Crippen molar-refractivity contribution in [3.05, 3.63) is 69.6 Å². The predicted molar refractivity (Wildman–Crippen MR) is 129 cm³/mol. The number of likely N-dealkylation sites (tertiary alicyclic amines) is 1. The summed E-state index contributed by atoms with van der Waals surface area (Å²) in [7, 11) is 0. The number of benzene rings is 1. The van der Waals surface area contributed by atoms with E-state index in [4.69, 9.17) is 0 Å². The third-order valence-electron chi connectivity index (χ3n) is 7.77. The molecule has 2 bridgehead atoms. The zero-order valence-corrected chi connectivity index (χ0v) is 19.3. The van der Waals surface area contributed by atoms with Gasteiger partial charge in [0.25, 0.3) is 5.56 Å². The number of carbonyl (C=O) groups is 1. The van der Waals surface area contributed by atoms with E-state index in [1.165, 1.54) is 6.42 Å². The van der Waals surface area contributed by atoms with Crippen LogP contribution in [0.4, 0.5) is 0 Å². The molecule has 1 amide bonds. The maximum absolute atomic E-state index is 13.7. The van der Waals surface area contributed by atoms with E-state index in [-0.39, 0.29) is 42.0 Å². The topological polar surface area (TPSA) is 65.8 Å². The summed E-state index contributed by atoms with van der Waals surface area (Å²) in [6.45, 7) is 4.97. The Morgan fingerprint density at radius 3 is 2.52 bits per heavy atom. The molecule has 0 unspecified atom stereocenters. The van der Waals surface area contributed by atoms with Crippen LogP contribution in [0.5, 0.6) is 0 Å². The zero-order valence-electron chi connectivity index (χ0n) is 19.3. The minimum absolute atomic E-state index is 0.0118. The van der Waals surface area contributed by atoms with E-state index in [1.54, 1.807) is 0 Å². The molecule has 6 heteroatoms. The maximum atomic E-state index is 13.7. The summed E-state index contributed by atoms with van der Waals surface area (Å²) in [5.74, 6) is -0.322. The van der Waals surface area contributed by atoms with E-state index in [2.05, 4.69) is 11.8 Å². The molecule has 2 fully saturated rings. The number of carbonyl (C=O) groups excluding carboxylic acids is 1. The predicted octanol–water partition coefficient (Wildman–Crippen LogP) is 3.01. The van der Waals surface area contributed by atoms with Crippen LogP contribution in [0, 0.1) is 11.8 Å². The second-order valence-corrected chi connectivity index (χ2v) is 9.47. The summed E-state index contributed by atoms with van der Waals surface area (Å²) >= 11 is 0. The number of pyridine rings is 1. The molecule has 4 heterocycles. The quantitative estimate of drug-likeness (QED) is 0.765. The number of hydrogen-bond donors (Lipinski definition) is 1. The first-order chi connectivity index (χ1) is 16.1. The smallest absolute Gasteiger partial charge is 0.258 e. The highest BCUT2D eigenvalue weighted by Gasteiger charge is 2.55.